The Labute approximate surface area is 202 Å². The zero-order valence-corrected chi connectivity index (χ0v) is 21.2. The van der Waals surface area contributed by atoms with Gasteiger partial charge >= 0.3 is 0 Å². The van der Waals surface area contributed by atoms with Crippen molar-refractivity contribution in [2.75, 3.05) is 0 Å². The van der Waals surface area contributed by atoms with E-state index in [2.05, 4.69) is 0 Å². The highest BCUT2D eigenvalue weighted by Gasteiger charge is 0.187. The molecule has 0 rings (SSSR count). The van der Waals surface area contributed by atoms with Crippen molar-refractivity contribution in [3.05, 3.63) is 0 Å². The summed E-state index contributed by atoms with van der Waals surface area (Å²) in [7, 11) is 0. The van der Waals surface area contributed by atoms with Gasteiger partial charge in [0.1, 0.15) is 0 Å². The molecule has 0 radical (unpaired) electrons. The van der Waals surface area contributed by atoms with Crippen LogP contribution in [-0.2, 0) is 0 Å². The third kappa shape index (κ3) is 49200. The molecule has 30 nitrogen and oxygen atoms in total. The molecular weight excluding hydrogens is 447 g/mol. The maximum atomic E-state index is 0. The Bertz CT molecular complexity index is 6.37. The molecule has 0 unspecified atom stereocenters. The van der Waals surface area contributed by atoms with Crippen LogP contribution in [0.15, 0.2) is 0 Å². The van der Waals surface area contributed by atoms with Crippen LogP contribution >= 0.6 is 0 Å². The second-order valence-electron chi connectivity index (χ2n) is 0. The first-order chi connectivity index (χ1) is 0. The Balaban J connectivity index is 0. The Morgan fingerprint density at radius 1 is 0.0645 bits per heavy atom. The molecule has 0 aromatic heterocycles. The molecule has 0 heterocycles. The van der Waals surface area contributed by atoms with Gasteiger partial charge in [-0.3, -0.25) is 0 Å². The van der Waals surface area contributed by atoms with E-state index in [1.165, 1.54) is 0 Å². The van der Waals surface area contributed by atoms with Crippen LogP contribution in [0.3, 0.4) is 0 Å². The van der Waals surface area contributed by atoms with Crippen LogP contribution in [0.1, 0.15) is 0 Å². The quantitative estimate of drug-likeness (QED) is 0.194. The summed E-state index contributed by atoms with van der Waals surface area (Å²) in [6.07, 6.45) is 0. The van der Waals surface area contributed by atoms with E-state index in [-0.39, 0.29) is 202 Å². The molecule has 0 aliphatic rings. The molecule has 0 saturated heterocycles. The fourth-order valence-corrected chi connectivity index (χ4v) is 0. The lowest BCUT2D eigenvalue weighted by molar-refractivity contribution is 2.13. The standard InChI is InChI=1S/Al.30H3N.3H/h;30*1H3;;;. The summed E-state index contributed by atoms with van der Waals surface area (Å²) in [6, 6.07) is 0. The first-order valence-electron chi connectivity index (χ1n) is 0. The Morgan fingerprint density at radius 2 is 0.0645 bits per heavy atom. The van der Waals surface area contributed by atoms with Crippen molar-refractivity contribution in [3.63, 3.8) is 0 Å². The first kappa shape index (κ1) is 58600. The summed E-state index contributed by atoms with van der Waals surface area (Å²) >= 11 is 0. The van der Waals surface area contributed by atoms with Crippen molar-refractivity contribution in [1.29, 1.82) is 0 Å². The van der Waals surface area contributed by atoms with Crippen LogP contribution in [0.4, 0.5) is 0 Å². The molecule has 31 heavy (non-hydrogen) atoms. The van der Waals surface area contributed by atoms with Gasteiger partial charge in [0.2, 0.25) is 0 Å². The molecule has 246 valence electrons. The maximum absolute atomic E-state index is 0. The Kier molecular flexibility index (Phi) is 99800000. The lowest BCUT2D eigenvalue weighted by Crippen LogP contribution is -0.482. The average molecular weight is 541 g/mol. The SMILES string of the molecule is N.N.N.N.N.N.N.N.N.N.N.N.N.N.N.N.N.N.N.N.N.N.N.N.N.N.N.N.N.N.[AlH3]. The molecule has 31 heteroatoms. The average Bonchev–Trinajstić information content (AvgIpc) is 0. The zero-order chi connectivity index (χ0) is 0. The van der Waals surface area contributed by atoms with Crippen LogP contribution < -0.4 is 185 Å². The lowest BCUT2D eigenvalue weighted by atomic mass is 14.0. The molecule has 0 aromatic carbocycles. The van der Waals surface area contributed by atoms with Gasteiger partial charge in [-0.15, -0.1) is 0 Å². The summed E-state index contributed by atoms with van der Waals surface area (Å²) in [4.78, 5) is 0. The second kappa shape index (κ2) is 52800. The van der Waals surface area contributed by atoms with Crippen molar-refractivity contribution in [2.45, 2.75) is 0 Å². The normalized spacial score (nSPS) is 0. The van der Waals surface area contributed by atoms with Gasteiger partial charge in [0, 0.05) is 0 Å². The maximum Gasteiger partial charge on any atom is 0.187 e. The third-order valence-corrected chi connectivity index (χ3v) is 0. The van der Waals surface area contributed by atoms with Crippen LogP contribution in [-0.4, -0.2) is 17.4 Å². The summed E-state index contributed by atoms with van der Waals surface area (Å²) in [5.41, 5.74) is 0. The summed E-state index contributed by atoms with van der Waals surface area (Å²) in [5.74, 6) is 0. The lowest BCUT2D eigenvalue weighted by Gasteiger charge is -0.345. The molecule has 0 bridgehead atoms. The summed E-state index contributed by atoms with van der Waals surface area (Å²) in [5, 5.41) is 0. The zero-order valence-electron chi connectivity index (χ0n) is 21.2. The van der Waals surface area contributed by atoms with Crippen molar-refractivity contribution < 1.29 is 0 Å². The molecule has 90 N–H and O–H groups in total. The number of hydrogen-bond acceptors (Lipinski definition) is 30. The Morgan fingerprint density at radius 3 is 0.0645 bits per heavy atom. The summed E-state index contributed by atoms with van der Waals surface area (Å²) < 4.78 is 0. The van der Waals surface area contributed by atoms with Gasteiger partial charge in [0.25, 0.3) is 0 Å². The molecule has 0 aliphatic carbocycles. The van der Waals surface area contributed by atoms with Gasteiger partial charge < -0.3 is 185 Å². The molecule has 0 saturated carbocycles. The minimum Gasteiger partial charge on any atom is -0.344 e. The van der Waals surface area contributed by atoms with E-state index in [1.807, 2.05) is 0 Å². The monoisotopic (exact) mass is 541 g/mol. The molecule has 0 amide bonds. The molecular formula is H93AlN30. The fraction of sp³-hybridized carbons (Fsp3) is 0. The number of rotatable bonds is 0. The molecule has 0 atom stereocenters. The summed E-state index contributed by atoms with van der Waals surface area (Å²) in [6.45, 7) is 0. The van der Waals surface area contributed by atoms with E-state index < -0.39 is 0 Å². The number of hydrogen-bond donors (Lipinski definition) is 30. The van der Waals surface area contributed by atoms with Crippen molar-refractivity contribution in [1.82, 2.24) is 185 Å². The van der Waals surface area contributed by atoms with E-state index >= 15 is 0 Å². The first-order valence-corrected chi connectivity index (χ1v) is 0. The molecule has 0 fully saturated rings. The van der Waals surface area contributed by atoms with E-state index in [1.54, 1.807) is 0 Å². The highest BCUT2D eigenvalue weighted by Crippen LogP contribution is -0.380. The van der Waals surface area contributed by atoms with Gasteiger partial charge in [0.05, 0.1) is 0 Å². The van der Waals surface area contributed by atoms with Crippen molar-refractivity contribution in [3.8, 4) is 0 Å². The Hall–Kier alpha value is -0.668. The van der Waals surface area contributed by atoms with Crippen LogP contribution in [0, 0.1) is 0 Å². The van der Waals surface area contributed by atoms with Crippen molar-refractivity contribution >= 4 is 17.4 Å². The van der Waals surface area contributed by atoms with Crippen LogP contribution in [0.2, 0.25) is 0 Å². The minimum absolute atomic E-state index is 0. The van der Waals surface area contributed by atoms with Gasteiger partial charge in [0.15, 0.2) is 17.4 Å². The second-order valence-corrected chi connectivity index (χ2v) is 0. The van der Waals surface area contributed by atoms with Gasteiger partial charge in [-0.2, -0.15) is 0 Å². The topological polar surface area (TPSA) is 1050 Å². The van der Waals surface area contributed by atoms with Gasteiger partial charge in [-0.25, -0.2) is 0 Å². The predicted molar refractivity (Wildman–Crippen MR) is 161 cm³/mol. The van der Waals surface area contributed by atoms with E-state index in [0.29, 0.717) is 0 Å². The van der Waals surface area contributed by atoms with E-state index in [9.17, 15) is 0 Å². The van der Waals surface area contributed by atoms with E-state index in [4.69, 9.17) is 0 Å². The van der Waals surface area contributed by atoms with Crippen LogP contribution in [0.25, 0.3) is 0 Å². The smallest absolute Gasteiger partial charge is 0.187 e. The highest BCUT2D eigenvalue weighted by atomic mass is 27.0. The third-order valence-electron chi connectivity index (χ3n) is 0. The molecule has 0 spiro atoms. The minimum atomic E-state index is 0. The fourth-order valence-electron chi connectivity index (χ4n) is 0. The van der Waals surface area contributed by atoms with Crippen molar-refractivity contribution in [2.24, 2.45) is 0 Å². The predicted octanol–water partition coefficient (Wildman–Crippen LogP) is 3.68. The molecule has 0 aromatic rings. The van der Waals surface area contributed by atoms with E-state index in [0.717, 1.165) is 0 Å². The van der Waals surface area contributed by atoms with Gasteiger partial charge in [-0.1, -0.05) is 0 Å². The molecule has 0 aliphatic heterocycles. The largest absolute Gasteiger partial charge is 0.344 e. The van der Waals surface area contributed by atoms with Crippen LogP contribution in [0.5, 0.6) is 0 Å². The highest BCUT2D eigenvalue weighted by molar-refractivity contribution is 5.75. The van der Waals surface area contributed by atoms with Gasteiger partial charge in [-0.05, 0) is 0 Å².